The Hall–Kier alpha value is -1.02. The fraction of sp³-hybridized carbons (Fsp3) is 0.846. The molecule has 0 radical (unpaired) electrons. The van der Waals surface area contributed by atoms with Gasteiger partial charge >= 0.3 is 0 Å². The molecule has 7 heteroatoms. The second-order valence-electron chi connectivity index (χ2n) is 5.63. The number of hydrogen-bond acceptors (Lipinski definition) is 6. The molecule has 1 aromatic heterocycles. The molecule has 0 aromatic carbocycles. The molecule has 1 aromatic rings. The molecule has 1 saturated heterocycles. The van der Waals surface area contributed by atoms with Crippen molar-refractivity contribution in [3.8, 4) is 0 Å². The van der Waals surface area contributed by atoms with Crippen LogP contribution in [0.5, 0.6) is 0 Å². The lowest BCUT2D eigenvalue weighted by Crippen LogP contribution is -2.55. The minimum Gasteiger partial charge on any atom is -0.305 e. The molecule has 3 N–H and O–H groups in total. The molecule has 0 amide bonds. The van der Waals surface area contributed by atoms with Crippen LogP contribution in [0, 0.1) is 0 Å². The van der Waals surface area contributed by atoms with Crippen molar-refractivity contribution in [1.29, 1.82) is 0 Å². The zero-order valence-electron chi connectivity index (χ0n) is 12.8. The molecule has 114 valence electrons. The van der Waals surface area contributed by atoms with Gasteiger partial charge in [-0.3, -0.25) is 16.0 Å². The SMILES string of the molecule is CCn1ncnc1CC(NN)C1CN(C)CCCN1C. The van der Waals surface area contributed by atoms with Gasteiger partial charge in [-0.05, 0) is 40.5 Å². The summed E-state index contributed by atoms with van der Waals surface area (Å²) in [4.78, 5) is 9.14. The molecule has 7 nitrogen and oxygen atoms in total. The smallest absolute Gasteiger partial charge is 0.138 e. The van der Waals surface area contributed by atoms with Crippen LogP contribution >= 0.6 is 0 Å². The summed E-state index contributed by atoms with van der Waals surface area (Å²) in [6, 6.07) is 0.560. The first-order valence-corrected chi connectivity index (χ1v) is 7.37. The number of nitrogens with two attached hydrogens (primary N) is 1. The number of hydrogen-bond donors (Lipinski definition) is 2. The molecule has 1 aliphatic heterocycles. The number of hydrazine groups is 1. The maximum Gasteiger partial charge on any atom is 0.138 e. The Morgan fingerprint density at radius 1 is 1.45 bits per heavy atom. The van der Waals surface area contributed by atoms with E-state index in [1.807, 2.05) is 4.68 Å². The monoisotopic (exact) mass is 281 g/mol. The molecule has 2 rings (SSSR count). The van der Waals surface area contributed by atoms with Gasteiger partial charge in [0.15, 0.2) is 0 Å². The Bertz CT molecular complexity index is 405. The Kier molecular flexibility index (Phi) is 5.47. The number of aromatic nitrogens is 3. The van der Waals surface area contributed by atoms with Crippen molar-refractivity contribution in [2.75, 3.05) is 33.7 Å². The molecule has 0 bridgehead atoms. The van der Waals surface area contributed by atoms with E-state index in [0.717, 1.165) is 38.4 Å². The number of nitrogens with zero attached hydrogens (tertiary/aromatic N) is 5. The third-order valence-electron chi connectivity index (χ3n) is 4.19. The number of nitrogens with one attached hydrogen (secondary N) is 1. The highest BCUT2D eigenvalue weighted by Gasteiger charge is 2.29. The van der Waals surface area contributed by atoms with E-state index in [2.05, 4.69) is 46.3 Å². The lowest BCUT2D eigenvalue weighted by molar-refractivity contribution is 0.175. The molecule has 0 saturated carbocycles. The van der Waals surface area contributed by atoms with E-state index in [4.69, 9.17) is 5.84 Å². The number of likely N-dealkylation sites (N-methyl/N-ethyl adjacent to an activating group) is 2. The van der Waals surface area contributed by atoms with Crippen LogP contribution in [0.2, 0.25) is 0 Å². The molecule has 0 spiro atoms. The Morgan fingerprint density at radius 3 is 2.95 bits per heavy atom. The van der Waals surface area contributed by atoms with Crippen molar-refractivity contribution < 1.29 is 0 Å². The summed E-state index contributed by atoms with van der Waals surface area (Å²) in [5.41, 5.74) is 2.99. The Balaban J connectivity index is 2.09. The standard InChI is InChI=1S/C13H27N7/c1-4-20-13(15-10-16-20)8-11(17-14)12-9-18(2)6-5-7-19(12)3/h10-12,17H,4-9,14H2,1-3H3. The number of rotatable bonds is 5. The first-order chi connectivity index (χ1) is 9.65. The maximum atomic E-state index is 5.82. The molecule has 1 aliphatic rings. The van der Waals surface area contributed by atoms with Gasteiger partial charge in [0.25, 0.3) is 0 Å². The van der Waals surface area contributed by atoms with Crippen LogP contribution < -0.4 is 11.3 Å². The van der Waals surface area contributed by atoms with E-state index >= 15 is 0 Å². The molecular formula is C13H27N7. The van der Waals surface area contributed by atoms with Gasteiger partial charge in [-0.25, -0.2) is 4.98 Å². The molecular weight excluding hydrogens is 254 g/mol. The lowest BCUT2D eigenvalue weighted by Gasteiger charge is -2.34. The topological polar surface area (TPSA) is 75.2 Å². The van der Waals surface area contributed by atoms with Crippen molar-refractivity contribution >= 4 is 0 Å². The van der Waals surface area contributed by atoms with Crippen molar-refractivity contribution in [3.63, 3.8) is 0 Å². The molecule has 2 atom stereocenters. The average Bonchev–Trinajstić information content (AvgIpc) is 2.82. The first kappa shape index (κ1) is 15.4. The fourth-order valence-corrected chi connectivity index (χ4v) is 2.95. The summed E-state index contributed by atoms with van der Waals surface area (Å²) >= 11 is 0. The minimum absolute atomic E-state index is 0.176. The van der Waals surface area contributed by atoms with Crippen LogP contribution in [-0.2, 0) is 13.0 Å². The van der Waals surface area contributed by atoms with Gasteiger partial charge in [0.1, 0.15) is 12.2 Å². The van der Waals surface area contributed by atoms with Gasteiger partial charge < -0.3 is 9.80 Å². The van der Waals surface area contributed by atoms with Gasteiger partial charge in [-0.1, -0.05) is 0 Å². The van der Waals surface area contributed by atoms with Crippen molar-refractivity contribution in [2.24, 2.45) is 5.84 Å². The number of aryl methyl sites for hydroxylation is 1. The average molecular weight is 281 g/mol. The summed E-state index contributed by atoms with van der Waals surface area (Å²) in [7, 11) is 4.35. The van der Waals surface area contributed by atoms with E-state index < -0.39 is 0 Å². The summed E-state index contributed by atoms with van der Waals surface area (Å²) in [6.07, 6.45) is 3.62. The molecule has 20 heavy (non-hydrogen) atoms. The third kappa shape index (κ3) is 3.54. The summed E-state index contributed by atoms with van der Waals surface area (Å²) in [5, 5.41) is 4.23. The van der Waals surface area contributed by atoms with Crippen LogP contribution in [0.25, 0.3) is 0 Å². The highest BCUT2D eigenvalue weighted by molar-refractivity contribution is 4.96. The third-order valence-corrected chi connectivity index (χ3v) is 4.19. The largest absolute Gasteiger partial charge is 0.305 e. The van der Waals surface area contributed by atoms with Crippen LogP contribution in [0.4, 0.5) is 0 Å². The van der Waals surface area contributed by atoms with E-state index in [0.29, 0.717) is 6.04 Å². The highest BCUT2D eigenvalue weighted by atomic mass is 15.3. The van der Waals surface area contributed by atoms with Crippen molar-refractivity contribution in [1.82, 2.24) is 30.0 Å². The highest BCUT2D eigenvalue weighted by Crippen LogP contribution is 2.13. The van der Waals surface area contributed by atoms with E-state index in [9.17, 15) is 0 Å². The molecule has 1 fully saturated rings. The summed E-state index contributed by atoms with van der Waals surface area (Å²) < 4.78 is 1.94. The first-order valence-electron chi connectivity index (χ1n) is 7.37. The van der Waals surface area contributed by atoms with Gasteiger partial charge in [-0.15, -0.1) is 0 Å². The van der Waals surface area contributed by atoms with Crippen LogP contribution in [0.3, 0.4) is 0 Å². The molecule has 2 heterocycles. The predicted octanol–water partition coefficient (Wildman–Crippen LogP) is -0.692. The van der Waals surface area contributed by atoms with Crippen LogP contribution in [-0.4, -0.2) is 70.4 Å². The van der Waals surface area contributed by atoms with Gasteiger partial charge in [-0.2, -0.15) is 5.10 Å². The second-order valence-corrected chi connectivity index (χ2v) is 5.63. The van der Waals surface area contributed by atoms with Crippen molar-refractivity contribution in [3.05, 3.63) is 12.2 Å². The summed E-state index contributed by atoms with van der Waals surface area (Å²) in [5.74, 6) is 6.81. The Morgan fingerprint density at radius 2 is 2.25 bits per heavy atom. The van der Waals surface area contributed by atoms with Gasteiger partial charge in [0.05, 0.1) is 0 Å². The maximum absolute atomic E-state index is 5.82. The van der Waals surface area contributed by atoms with Gasteiger partial charge in [0, 0.05) is 31.6 Å². The summed E-state index contributed by atoms with van der Waals surface area (Å²) in [6.45, 7) is 6.18. The predicted molar refractivity (Wildman–Crippen MR) is 79.0 cm³/mol. The van der Waals surface area contributed by atoms with Crippen molar-refractivity contribution in [2.45, 2.75) is 38.4 Å². The minimum atomic E-state index is 0.176. The van der Waals surface area contributed by atoms with E-state index in [1.54, 1.807) is 6.33 Å². The lowest BCUT2D eigenvalue weighted by atomic mass is 10.0. The van der Waals surface area contributed by atoms with E-state index in [1.165, 1.54) is 6.42 Å². The molecule has 0 aliphatic carbocycles. The molecule has 2 unspecified atom stereocenters. The fourth-order valence-electron chi connectivity index (χ4n) is 2.95. The Labute approximate surface area is 121 Å². The normalized spacial score (nSPS) is 23.7. The zero-order chi connectivity index (χ0) is 14.5. The van der Waals surface area contributed by atoms with E-state index in [-0.39, 0.29) is 6.04 Å². The van der Waals surface area contributed by atoms with Crippen LogP contribution in [0.1, 0.15) is 19.2 Å². The zero-order valence-corrected chi connectivity index (χ0v) is 12.8. The van der Waals surface area contributed by atoms with Crippen LogP contribution in [0.15, 0.2) is 6.33 Å². The second kappa shape index (κ2) is 7.12. The van der Waals surface area contributed by atoms with Gasteiger partial charge in [0.2, 0.25) is 0 Å². The quantitative estimate of drug-likeness (QED) is 0.549.